The minimum atomic E-state index is 0.500. The molecular formula is C6H10F2. The molecule has 0 radical (unpaired) electrons. The molecule has 0 saturated carbocycles. The molecule has 0 aliphatic carbocycles. The second-order valence-corrected chi connectivity index (χ2v) is 0.919. The van der Waals surface area contributed by atoms with E-state index < -0.39 is 0 Å². The van der Waals surface area contributed by atoms with E-state index in [9.17, 15) is 8.78 Å². The molecule has 0 bridgehead atoms. The lowest BCUT2D eigenvalue weighted by molar-refractivity contribution is 0.719. The molecule has 0 aromatic rings. The van der Waals surface area contributed by atoms with Crippen LogP contribution >= 0.6 is 0 Å². The molecule has 0 aliphatic heterocycles. The van der Waals surface area contributed by atoms with Gasteiger partial charge in [-0.25, -0.2) is 8.78 Å². The van der Waals surface area contributed by atoms with E-state index in [-0.39, 0.29) is 0 Å². The van der Waals surface area contributed by atoms with Crippen molar-refractivity contribution in [2.24, 2.45) is 0 Å². The number of rotatable bonds is 0. The van der Waals surface area contributed by atoms with E-state index in [2.05, 4.69) is 0 Å². The Labute approximate surface area is 48.5 Å². The molecule has 0 aromatic carbocycles. The molecule has 0 spiro atoms. The smallest absolute Gasteiger partial charge is 0.0824 e. The highest BCUT2D eigenvalue weighted by molar-refractivity contribution is 4.61. The van der Waals surface area contributed by atoms with Gasteiger partial charge in [0, 0.05) is 0 Å². The van der Waals surface area contributed by atoms with Crippen molar-refractivity contribution in [2.45, 2.75) is 13.8 Å². The van der Waals surface area contributed by atoms with Crippen LogP contribution in [0.25, 0.3) is 0 Å². The van der Waals surface area contributed by atoms with Gasteiger partial charge in [-0.1, -0.05) is 12.2 Å². The highest BCUT2D eigenvalue weighted by Crippen LogP contribution is 1.63. The van der Waals surface area contributed by atoms with Gasteiger partial charge in [-0.15, -0.1) is 0 Å². The fourth-order valence-corrected chi connectivity index (χ4v) is 0. The van der Waals surface area contributed by atoms with Gasteiger partial charge in [0.05, 0.1) is 12.7 Å². The molecule has 0 nitrogen and oxygen atoms in total. The number of halogens is 2. The average molecular weight is 120 g/mol. The number of allylic oxidation sites excluding steroid dienone is 2. The monoisotopic (exact) mass is 120 g/mol. The topological polar surface area (TPSA) is 0 Å². The Balaban J connectivity index is 0. The fourth-order valence-electron chi connectivity index (χ4n) is 0. The van der Waals surface area contributed by atoms with Gasteiger partial charge in [-0.05, 0) is 13.8 Å². The first-order chi connectivity index (χ1) is 3.83. The highest BCUT2D eigenvalue weighted by atomic mass is 19.1. The summed E-state index contributed by atoms with van der Waals surface area (Å²) in [7, 11) is 0. The van der Waals surface area contributed by atoms with Crippen LogP contribution in [0.5, 0.6) is 0 Å². The summed E-state index contributed by atoms with van der Waals surface area (Å²) < 4.78 is 21.1. The third-order valence-electron chi connectivity index (χ3n) is 0.252. The summed E-state index contributed by atoms with van der Waals surface area (Å²) in [4.78, 5) is 0. The van der Waals surface area contributed by atoms with Crippen LogP contribution in [0, 0.1) is 0 Å². The number of hydrogen-bond donors (Lipinski definition) is 0. The highest BCUT2D eigenvalue weighted by Gasteiger charge is 1.39. The molecule has 0 saturated heterocycles. The SMILES string of the molecule is C/C=C/F.C/C=C/F. The minimum absolute atomic E-state index is 0.500. The molecule has 0 aromatic heterocycles. The second kappa shape index (κ2) is 16.2. The van der Waals surface area contributed by atoms with Crippen molar-refractivity contribution in [3.05, 3.63) is 24.8 Å². The van der Waals surface area contributed by atoms with Crippen molar-refractivity contribution in [1.29, 1.82) is 0 Å². The zero-order valence-corrected chi connectivity index (χ0v) is 5.07. The van der Waals surface area contributed by atoms with Gasteiger partial charge < -0.3 is 0 Å². The molecular weight excluding hydrogens is 110 g/mol. The molecule has 0 rings (SSSR count). The maximum Gasteiger partial charge on any atom is 0.0824 e. The van der Waals surface area contributed by atoms with Crippen LogP contribution in [0.3, 0.4) is 0 Å². The Morgan fingerprint density at radius 1 is 0.875 bits per heavy atom. The number of hydrogen-bond acceptors (Lipinski definition) is 0. The lowest BCUT2D eigenvalue weighted by atomic mass is 10.8. The summed E-state index contributed by atoms with van der Waals surface area (Å²) in [5.74, 6) is 0. The Morgan fingerprint density at radius 2 is 1.00 bits per heavy atom. The Hall–Kier alpha value is -0.660. The molecule has 0 heterocycles. The third-order valence-corrected chi connectivity index (χ3v) is 0.252. The second-order valence-electron chi connectivity index (χ2n) is 0.919. The summed E-state index contributed by atoms with van der Waals surface area (Å²) in [5.41, 5.74) is 0. The van der Waals surface area contributed by atoms with Crippen LogP contribution in [-0.4, -0.2) is 0 Å². The first-order valence-electron chi connectivity index (χ1n) is 2.26. The predicted molar refractivity (Wildman–Crippen MR) is 31.8 cm³/mol. The van der Waals surface area contributed by atoms with E-state index in [4.69, 9.17) is 0 Å². The van der Waals surface area contributed by atoms with E-state index >= 15 is 0 Å². The van der Waals surface area contributed by atoms with Crippen LogP contribution in [0.1, 0.15) is 13.8 Å². The van der Waals surface area contributed by atoms with Gasteiger partial charge in [-0.3, -0.25) is 0 Å². The summed E-state index contributed by atoms with van der Waals surface area (Å²) in [5, 5.41) is 0. The van der Waals surface area contributed by atoms with Gasteiger partial charge in [0.2, 0.25) is 0 Å². The molecule has 0 atom stereocenters. The van der Waals surface area contributed by atoms with Gasteiger partial charge in [0.1, 0.15) is 0 Å². The molecule has 48 valence electrons. The molecule has 0 unspecified atom stereocenters. The molecule has 8 heavy (non-hydrogen) atoms. The van der Waals surface area contributed by atoms with Crippen molar-refractivity contribution >= 4 is 0 Å². The van der Waals surface area contributed by atoms with E-state index in [0.717, 1.165) is 0 Å². The van der Waals surface area contributed by atoms with Crippen LogP contribution in [0.15, 0.2) is 24.8 Å². The molecule has 0 N–H and O–H groups in total. The first-order valence-corrected chi connectivity index (χ1v) is 2.26. The van der Waals surface area contributed by atoms with Crippen molar-refractivity contribution in [2.75, 3.05) is 0 Å². The Bertz CT molecular complexity index is 46.9. The van der Waals surface area contributed by atoms with E-state index in [1.807, 2.05) is 0 Å². The lowest BCUT2D eigenvalue weighted by Gasteiger charge is -1.45. The van der Waals surface area contributed by atoms with Crippen LogP contribution < -0.4 is 0 Å². The summed E-state index contributed by atoms with van der Waals surface area (Å²) in [6.45, 7) is 3.25. The normalized spacial score (nSPS) is 9.50. The predicted octanol–water partition coefficient (Wildman–Crippen LogP) is 2.98. The molecule has 2 heteroatoms. The first kappa shape index (κ1) is 10.3. The summed E-state index contributed by atoms with van der Waals surface area (Å²) in [6, 6.07) is 0. The van der Waals surface area contributed by atoms with Crippen LogP contribution in [0.2, 0.25) is 0 Å². The van der Waals surface area contributed by atoms with Crippen LogP contribution in [0.4, 0.5) is 8.78 Å². The molecule has 0 amide bonds. The third kappa shape index (κ3) is 56.0. The molecule has 0 aliphatic rings. The van der Waals surface area contributed by atoms with Crippen LogP contribution in [-0.2, 0) is 0 Å². The summed E-state index contributed by atoms with van der Waals surface area (Å²) >= 11 is 0. The maximum atomic E-state index is 10.5. The van der Waals surface area contributed by atoms with Crippen molar-refractivity contribution in [3.8, 4) is 0 Å². The van der Waals surface area contributed by atoms with E-state index in [1.54, 1.807) is 13.8 Å². The van der Waals surface area contributed by atoms with Gasteiger partial charge in [0.15, 0.2) is 0 Å². The van der Waals surface area contributed by atoms with Gasteiger partial charge in [0.25, 0.3) is 0 Å². The van der Waals surface area contributed by atoms with Gasteiger partial charge in [-0.2, -0.15) is 0 Å². The largest absolute Gasteiger partial charge is 0.216 e. The zero-order valence-electron chi connectivity index (χ0n) is 5.07. The Morgan fingerprint density at radius 3 is 1.00 bits per heavy atom. The Kier molecular flexibility index (Phi) is 21.0. The lowest BCUT2D eigenvalue weighted by Crippen LogP contribution is -1.22. The summed E-state index contributed by atoms with van der Waals surface area (Å²) in [6.07, 6.45) is 3.67. The standard InChI is InChI=1S/2C3H5F/c2*1-2-3-4/h2*2-3H,1H3/b2*3-2+. The quantitative estimate of drug-likeness (QED) is 0.461. The van der Waals surface area contributed by atoms with Gasteiger partial charge >= 0.3 is 0 Å². The van der Waals surface area contributed by atoms with Crippen molar-refractivity contribution in [3.63, 3.8) is 0 Å². The minimum Gasteiger partial charge on any atom is -0.216 e. The average Bonchev–Trinajstić information content (AvgIpc) is 1.88. The zero-order chi connectivity index (χ0) is 6.83. The van der Waals surface area contributed by atoms with Crippen molar-refractivity contribution < 1.29 is 8.78 Å². The fraction of sp³-hybridized carbons (Fsp3) is 0.333. The van der Waals surface area contributed by atoms with E-state index in [0.29, 0.717) is 12.7 Å². The van der Waals surface area contributed by atoms with Crippen molar-refractivity contribution in [1.82, 2.24) is 0 Å². The van der Waals surface area contributed by atoms with E-state index in [1.165, 1.54) is 12.2 Å². The maximum absolute atomic E-state index is 10.5. The molecule has 0 fully saturated rings.